The van der Waals surface area contributed by atoms with E-state index in [2.05, 4.69) is 0 Å². The van der Waals surface area contributed by atoms with E-state index in [0.29, 0.717) is 0 Å². The second kappa shape index (κ2) is 5.84. The van der Waals surface area contributed by atoms with Gasteiger partial charge in [-0.05, 0) is 25.0 Å². The lowest BCUT2D eigenvalue weighted by molar-refractivity contribution is 0.589. The van der Waals surface area contributed by atoms with Crippen molar-refractivity contribution in [1.82, 2.24) is 0 Å². The van der Waals surface area contributed by atoms with Crippen LogP contribution in [0.15, 0.2) is 35.2 Å². The normalized spacial score (nSPS) is 12.5. The van der Waals surface area contributed by atoms with Crippen molar-refractivity contribution in [2.75, 3.05) is 11.5 Å². The fourth-order valence-electron chi connectivity index (χ4n) is 1.31. The standard InChI is InChI=1S/C10H13ClO4S2/c11-17(14,15)9-5-4-8-16(12,13)10-6-2-1-3-7-10/h1-3,6-7H,4-5,8-9H2. The maximum Gasteiger partial charge on any atom is 0.232 e. The number of rotatable bonds is 6. The lowest BCUT2D eigenvalue weighted by Crippen LogP contribution is -2.08. The molecule has 0 unspecified atom stereocenters. The van der Waals surface area contributed by atoms with Crippen LogP contribution in [0.1, 0.15) is 12.8 Å². The molecule has 0 fully saturated rings. The van der Waals surface area contributed by atoms with Crippen molar-refractivity contribution in [3.8, 4) is 0 Å². The molecule has 0 aliphatic heterocycles. The van der Waals surface area contributed by atoms with Gasteiger partial charge in [-0.3, -0.25) is 0 Å². The van der Waals surface area contributed by atoms with Crippen LogP contribution in [-0.4, -0.2) is 28.3 Å². The van der Waals surface area contributed by atoms with E-state index in [-0.39, 0.29) is 29.2 Å². The number of hydrogen-bond acceptors (Lipinski definition) is 4. The number of sulfone groups is 1. The largest absolute Gasteiger partial charge is 0.232 e. The van der Waals surface area contributed by atoms with Crippen LogP contribution >= 0.6 is 10.7 Å². The van der Waals surface area contributed by atoms with Crippen molar-refractivity contribution in [3.05, 3.63) is 30.3 Å². The second-order valence-electron chi connectivity index (χ2n) is 3.58. The topological polar surface area (TPSA) is 68.3 Å². The smallest absolute Gasteiger partial charge is 0.224 e. The van der Waals surface area contributed by atoms with Crippen LogP contribution in [0.25, 0.3) is 0 Å². The molecule has 0 aromatic heterocycles. The SMILES string of the molecule is O=S(=O)(Cl)CCCCS(=O)(=O)c1ccccc1. The van der Waals surface area contributed by atoms with Gasteiger partial charge in [0.2, 0.25) is 9.05 Å². The van der Waals surface area contributed by atoms with Crippen molar-refractivity contribution < 1.29 is 16.8 Å². The van der Waals surface area contributed by atoms with Gasteiger partial charge in [-0.2, -0.15) is 0 Å². The van der Waals surface area contributed by atoms with Gasteiger partial charge in [-0.15, -0.1) is 0 Å². The molecular weight excluding hydrogens is 284 g/mol. The Labute approximate surface area is 106 Å². The highest BCUT2D eigenvalue weighted by Gasteiger charge is 2.14. The van der Waals surface area contributed by atoms with Crippen LogP contribution in [0, 0.1) is 0 Å². The van der Waals surface area contributed by atoms with Gasteiger partial charge in [0.1, 0.15) is 0 Å². The molecule has 96 valence electrons. The number of halogens is 1. The summed E-state index contributed by atoms with van der Waals surface area (Å²) in [6, 6.07) is 8.08. The Morgan fingerprint density at radius 1 is 0.882 bits per heavy atom. The van der Waals surface area contributed by atoms with Gasteiger partial charge in [0.25, 0.3) is 0 Å². The Morgan fingerprint density at radius 2 is 1.41 bits per heavy atom. The van der Waals surface area contributed by atoms with E-state index >= 15 is 0 Å². The molecule has 0 amide bonds. The highest BCUT2D eigenvalue weighted by atomic mass is 35.7. The molecule has 0 bridgehead atoms. The van der Waals surface area contributed by atoms with Crippen molar-refractivity contribution in [2.45, 2.75) is 17.7 Å². The first-order chi connectivity index (χ1) is 7.81. The molecule has 7 heteroatoms. The van der Waals surface area contributed by atoms with E-state index < -0.39 is 18.9 Å². The molecule has 0 aliphatic rings. The van der Waals surface area contributed by atoms with E-state index in [0.717, 1.165) is 0 Å². The highest BCUT2D eigenvalue weighted by molar-refractivity contribution is 8.13. The summed E-state index contributed by atoms with van der Waals surface area (Å²) < 4.78 is 44.8. The highest BCUT2D eigenvalue weighted by Crippen LogP contribution is 2.12. The van der Waals surface area contributed by atoms with E-state index in [1.807, 2.05) is 0 Å². The zero-order valence-corrected chi connectivity index (χ0v) is 11.4. The van der Waals surface area contributed by atoms with Crippen LogP contribution in [0.2, 0.25) is 0 Å². The van der Waals surface area contributed by atoms with Gasteiger partial charge < -0.3 is 0 Å². The minimum Gasteiger partial charge on any atom is -0.224 e. The van der Waals surface area contributed by atoms with Gasteiger partial charge >= 0.3 is 0 Å². The van der Waals surface area contributed by atoms with Gasteiger partial charge in [0.05, 0.1) is 16.4 Å². The minimum absolute atomic E-state index is 0.0660. The van der Waals surface area contributed by atoms with E-state index in [9.17, 15) is 16.8 Å². The fourth-order valence-corrected chi connectivity index (χ4v) is 3.58. The molecular formula is C10H13ClO4S2. The molecule has 0 aliphatic carbocycles. The third kappa shape index (κ3) is 5.52. The Bertz CT molecular complexity index is 549. The third-order valence-corrected chi connectivity index (χ3v) is 5.21. The molecule has 0 saturated heterocycles. The summed E-state index contributed by atoms with van der Waals surface area (Å²) in [5.41, 5.74) is 0. The lowest BCUT2D eigenvalue weighted by atomic mass is 10.4. The number of benzene rings is 1. The zero-order valence-electron chi connectivity index (χ0n) is 9.04. The zero-order chi connectivity index (χ0) is 12.9. The van der Waals surface area contributed by atoms with E-state index in [1.54, 1.807) is 18.2 Å². The fraction of sp³-hybridized carbons (Fsp3) is 0.400. The van der Waals surface area contributed by atoms with Crippen LogP contribution < -0.4 is 0 Å². The molecule has 1 rings (SSSR count). The predicted molar refractivity (Wildman–Crippen MR) is 67.4 cm³/mol. The van der Waals surface area contributed by atoms with Crippen molar-refractivity contribution >= 4 is 29.6 Å². The van der Waals surface area contributed by atoms with Crippen LogP contribution in [0.3, 0.4) is 0 Å². The molecule has 0 radical (unpaired) electrons. The Hall–Kier alpha value is -0.590. The quantitative estimate of drug-likeness (QED) is 0.593. The van der Waals surface area contributed by atoms with Gasteiger partial charge in [0, 0.05) is 10.7 Å². The van der Waals surface area contributed by atoms with E-state index in [4.69, 9.17) is 10.7 Å². The van der Waals surface area contributed by atoms with Gasteiger partial charge in [-0.1, -0.05) is 18.2 Å². The summed E-state index contributed by atoms with van der Waals surface area (Å²) >= 11 is 0. The molecule has 0 atom stereocenters. The van der Waals surface area contributed by atoms with Crippen molar-refractivity contribution in [3.63, 3.8) is 0 Å². The van der Waals surface area contributed by atoms with Crippen LogP contribution in [-0.2, 0) is 18.9 Å². The first-order valence-electron chi connectivity index (χ1n) is 5.01. The first kappa shape index (κ1) is 14.5. The molecule has 1 aromatic rings. The summed E-state index contributed by atoms with van der Waals surface area (Å²) in [5, 5.41) is 0. The Balaban J connectivity index is 2.53. The van der Waals surface area contributed by atoms with Crippen molar-refractivity contribution in [2.24, 2.45) is 0 Å². The summed E-state index contributed by atoms with van der Waals surface area (Å²) in [7, 11) is -1.82. The molecule has 0 N–H and O–H groups in total. The average Bonchev–Trinajstić information content (AvgIpc) is 2.25. The number of unbranched alkanes of at least 4 members (excludes halogenated alkanes) is 1. The van der Waals surface area contributed by atoms with Crippen LogP contribution in [0.5, 0.6) is 0 Å². The molecule has 17 heavy (non-hydrogen) atoms. The second-order valence-corrected chi connectivity index (χ2v) is 8.59. The molecule has 0 spiro atoms. The molecule has 4 nitrogen and oxygen atoms in total. The van der Waals surface area contributed by atoms with Crippen molar-refractivity contribution in [1.29, 1.82) is 0 Å². The Kier molecular flexibility index (Phi) is 4.97. The van der Waals surface area contributed by atoms with Gasteiger partial charge in [-0.25, -0.2) is 16.8 Å². The van der Waals surface area contributed by atoms with Crippen LogP contribution in [0.4, 0.5) is 0 Å². The first-order valence-corrected chi connectivity index (χ1v) is 9.14. The molecule has 0 heterocycles. The lowest BCUT2D eigenvalue weighted by Gasteiger charge is -2.03. The summed E-state index contributed by atoms with van der Waals surface area (Å²) in [6.45, 7) is 0. The maximum absolute atomic E-state index is 11.8. The minimum atomic E-state index is -3.53. The average molecular weight is 297 g/mol. The summed E-state index contributed by atoms with van der Waals surface area (Å²) in [5.74, 6) is -0.262. The molecule has 1 aromatic carbocycles. The molecule has 0 saturated carbocycles. The predicted octanol–water partition coefficient (Wildman–Crippen LogP) is 1.81. The monoisotopic (exact) mass is 296 g/mol. The summed E-state index contributed by atoms with van der Waals surface area (Å²) in [6.07, 6.45) is 0.529. The Morgan fingerprint density at radius 3 is 1.94 bits per heavy atom. The number of hydrogen-bond donors (Lipinski definition) is 0. The third-order valence-electron chi connectivity index (χ3n) is 2.15. The van der Waals surface area contributed by atoms with E-state index in [1.165, 1.54) is 12.1 Å². The summed E-state index contributed by atoms with van der Waals surface area (Å²) in [4.78, 5) is 0.258. The maximum atomic E-state index is 11.8. The van der Waals surface area contributed by atoms with Gasteiger partial charge in [0.15, 0.2) is 9.84 Å².